The Morgan fingerprint density at radius 1 is 1.53 bits per heavy atom. The van der Waals surface area contributed by atoms with Gasteiger partial charge in [-0.15, -0.1) is 0 Å². The van der Waals surface area contributed by atoms with Crippen molar-refractivity contribution in [3.05, 3.63) is 33.4 Å². The molecule has 0 radical (unpaired) electrons. The number of carbonyl (C=O) groups is 2. The van der Waals surface area contributed by atoms with Gasteiger partial charge in [-0.05, 0) is 26.0 Å². The molecule has 0 amide bonds. The highest BCUT2D eigenvalue weighted by atomic mass is 16.6. The maximum absolute atomic E-state index is 11.3. The number of benzene rings is 1. The molecule has 0 heterocycles. The van der Waals surface area contributed by atoms with E-state index >= 15 is 0 Å². The largest absolute Gasteiger partial charge is 0.494 e. The third-order valence-electron chi connectivity index (χ3n) is 2.11. The maximum Gasteiger partial charge on any atom is 0.290 e. The van der Waals surface area contributed by atoms with E-state index in [1.807, 2.05) is 0 Å². The molecule has 0 spiro atoms. The second-order valence-electron chi connectivity index (χ2n) is 3.27. The van der Waals surface area contributed by atoms with Crippen molar-refractivity contribution in [3.63, 3.8) is 0 Å². The van der Waals surface area contributed by atoms with Crippen molar-refractivity contribution in [1.29, 1.82) is 0 Å². The van der Waals surface area contributed by atoms with E-state index in [1.165, 1.54) is 19.1 Å². The van der Waals surface area contributed by atoms with Crippen molar-refractivity contribution in [1.82, 2.24) is 0 Å². The summed E-state index contributed by atoms with van der Waals surface area (Å²) < 4.78 is 5.14. The molecule has 0 aliphatic carbocycles. The van der Waals surface area contributed by atoms with E-state index < -0.39 is 16.4 Å². The fourth-order valence-corrected chi connectivity index (χ4v) is 1.44. The van der Waals surface area contributed by atoms with Crippen molar-refractivity contribution in [3.8, 4) is 5.75 Å². The molecule has 0 atom stereocenters. The number of rotatable bonds is 5. The Morgan fingerprint density at radius 2 is 2.18 bits per heavy atom. The molecule has 0 saturated heterocycles. The van der Waals surface area contributed by atoms with Crippen LogP contribution in [0.15, 0.2) is 12.1 Å². The lowest BCUT2D eigenvalue weighted by Gasteiger charge is -2.07. The van der Waals surface area contributed by atoms with Crippen molar-refractivity contribution >= 4 is 17.8 Å². The lowest BCUT2D eigenvalue weighted by Crippen LogP contribution is -2.05. The zero-order valence-corrected chi connectivity index (χ0v) is 9.43. The lowest BCUT2D eigenvalue weighted by atomic mass is 10.0. The van der Waals surface area contributed by atoms with E-state index in [0.717, 1.165) is 0 Å². The van der Waals surface area contributed by atoms with Gasteiger partial charge in [-0.25, -0.2) is 0 Å². The standard InChI is InChI=1S/C11H11NO5/c1-3-17-9-4-8(6-13)11(12(15)16)10(5-9)7(2)14/h4-6H,3H2,1-2H3. The summed E-state index contributed by atoms with van der Waals surface area (Å²) in [7, 11) is 0. The number of hydrogen-bond acceptors (Lipinski definition) is 5. The van der Waals surface area contributed by atoms with Gasteiger partial charge in [-0.2, -0.15) is 0 Å². The fourth-order valence-electron chi connectivity index (χ4n) is 1.44. The molecule has 1 aromatic carbocycles. The molecule has 0 aromatic heterocycles. The minimum atomic E-state index is -0.740. The first-order chi connectivity index (χ1) is 8.01. The summed E-state index contributed by atoms with van der Waals surface area (Å²) in [5, 5.41) is 10.8. The van der Waals surface area contributed by atoms with Gasteiger partial charge in [0.15, 0.2) is 12.1 Å². The molecule has 0 bridgehead atoms. The Bertz CT molecular complexity index is 481. The summed E-state index contributed by atoms with van der Waals surface area (Å²) in [5.41, 5.74) is -0.759. The first kappa shape index (κ1) is 12.8. The minimum Gasteiger partial charge on any atom is -0.494 e. The molecule has 90 valence electrons. The summed E-state index contributed by atoms with van der Waals surface area (Å²) in [4.78, 5) is 32.2. The average Bonchev–Trinajstić information content (AvgIpc) is 2.27. The number of nitrogens with zero attached hydrogens (tertiary/aromatic N) is 1. The first-order valence-corrected chi connectivity index (χ1v) is 4.92. The minimum absolute atomic E-state index is 0.122. The Kier molecular flexibility index (Phi) is 3.92. The van der Waals surface area contributed by atoms with E-state index in [9.17, 15) is 19.7 Å². The van der Waals surface area contributed by atoms with E-state index in [1.54, 1.807) is 6.92 Å². The van der Waals surface area contributed by atoms with Crippen molar-refractivity contribution < 1.29 is 19.2 Å². The molecule has 6 heteroatoms. The normalized spacial score (nSPS) is 9.76. The first-order valence-electron chi connectivity index (χ1n) is 4.92. The molecular weight excluding hydrogens is 226 g/mol. The highest BCUT2D eigenvalue weighted by Crippen LogP contribution is 2.28. The third kappa shape index (κ3) is 2.66. The van der Waals surface area contributed by atoms with E-state index in [4.69, 9.17) is 4.74 Å². The van der Waals surface area contributed by atoms with Gasteiger partial charge in [0.05, 0.1) is 22.7 Å². The van der Waals surface area contributed by atoms with Crippen LogP contribution in [0.25, 0.3) is 0 Å². The van der Waals surface area contributed by atoms with Gasteiger partial charge in [-0.3, -0.25) is 19.7 Å². The van der Waals surface area contributed by atoms with Crippen molar-refractivity contribution in [2.75, 3.05) is 6.61 Å². The van der Waals surface area contributed by atoms with Crippen molar-refractivity contribution in [2.24, 2.45) is 0 Å². The molecule has 0 unspecified atom stereocenters. The number of nitro benzene ring substituents is 1. The van der Waals surface area contributed by atoms with E-state index in [0.29, 0.717) is 12.9 Å². The molecule has 0 N–H and O–H groups in total. The predicted octanol–water partition coefficient (Wildman–Crippen LogP) is 2.01. The molecule has 1 aromatic rings. The molecule has 0 aliphatic heterocycles. The van der Waals surface area contributed by atoms with Crippen LogP contribution in [0.1, 0.15) is 34.6 Å². The van der Waals surface area contributed by atoms with Crippen LogP contribution in [0.3, 0.4) is 0 Å². The second-order valence-corrected chi connectivity index (χ2v) is 3.27. The summed E-state index contributed by atoms with van der Waals surface area (Å²) in [6, 6.07) is 2.53. The number of ketones is 1. The lowest BCUT2D eigenvalue weighted by molar-refractivity contribution is -0.385. The Balaban J connectivity index is 3.51. The van der Waals surface area contributed by atoms with Crippen LogP contribution < -0.4 is 4.74 Å². The van der Waals surface area contributed by atoms with E-state index in [2.05, 4.69) is 0 Å². The molecule has 0 fully saturated rings. The average molecular weight is 237 g/mol. The number of ether oxygens (including phenoxy) is 1. The molecule has 17 heavy (non-hydrogen) atoms. The van der Waals surface area contributed by atoms with E-state index in [-0.39, 0.29) is 16.9 Å². The predicted molar refractivity (Wildman–Crippen MR) is 59.7 cm³/mol. The number of Topliss-reactive ketones (excluding diaryl/α,β-unsaturated/α-hetero) is 1. The molecule has 0 aliphatic rings. The monoisotopic (exact) mass is 237 g/mol. The summed E-state index contributed by atoms with van der Waals surface area (Å²) in [5.74, 6) is -0.216. The van der Waals surface area contributed by atoms with Crippen LogP contribution >= 0.6 is 0 Å². The zero-order chi connectivity index (χ0) is 13.0. The van der Waals surface area contributed by atoms with Gasteiger partial charge >= 0.3 is 0 Å². The number of carbonyl (C=O) groups excluding carboxylic acids is 2. The third-order valence-corrected chi connectivity index (χ3v) is 2.11. The van der Waals surface area contributed by atoms with Gasteiger partial charge < -0.3 is 4.74 Å². The molecular formula is C11H11NO5. The Morgan fingerprint density at radius 3 is 2.59 bits per heavy atom. The maximum atomic E-state index is 11.3. The van der Waals surface area contributed by atoms with Crippen LogP contribution in [0.5, 0.6) is 5.75 Å². The van der Waals surface area contributed by atoms with Crippen LogP contribution in [-0.4, -0.2) is 23.6 Å². The number of aldehydes is 1. The topological polar surface area (TPSA) is 86.5 Å². The smallest absolute Gasteiger partial charge is 0.290 e. The van der Waals surface area contributed by atoms with Gasteiger partial charge in [-0.1, -0.05) is 0 Å². The fraction of sp³-hybridized carbons (Fsp3) is 0.273. The molecule has 1 rings (SSSR count). The Labute approximate surface area is 97.3 Å². The Hall–Kier alpha value is -2.24. The van der Waals surface area contributed by atoms with Crippen LogP contribution in [-0.2, 0) is 0 Å². The quantitative estimate of drug-likeness (QED) is 0.338. The molecule has 6 nitrogen and oxygen atoms in total. The SMILES string of the molecule is CCOc1cc(C=O)c([N+](=O)[O-])c(C(C)=O)c1. The van der Waals surface area contributed by atoms with Gasteiger partial charge in [0, 0.05) is 0 Å². The summed E-state index contributed by atoms with van der Waals surface area (Å²) in [6.45, 7) is 3.27. The van der Waals surface area contributed by atoms with Crippen molar-refractivity contribution in [2.45, 2.75) is 13.8 Å². The molecule has 0 saturated carbocycles. The van der Waals surface area contributed by atoms with Gasteiger partial charge in [0.1, 0.15) is 5.75 Å². The van der Waals surface area contributed by atoms with Crippen LogP contribution in [0, 0.1) is 10.1 Å². The van der Waals surface area contributed by atoms with Crippen LogP contribution in [0.2, 0.25) is 0 Å². The van der Waals surface area contributed by atoms with Crippen LogP contribution in [0.4, 0.5) is 5.69 Å². The van der Waals surface area contributed by atoms with Gasteiger partial charge in [0.2, 0.25) is 0 Å². The highest BCUT2D eigenvalue weighted by Gasteiger charge is 2.24. The highest BCUT2D eigenvalue weighted by molar-refractivity contribution is 6.02. The summed E-state index contributed by atoms with van der Waals surface area (Å²) >= 11 is 0. The zero-order valence-electron chi connectivity index (χ0n) is 9.43. The summed E-state index contributed by atoms with van der Waals surface area (Å²) in [6.07, 6.45) is 0.340. The number of nitro groups is 1. The number of hydrogen-bond donors (Lipinski definition) is 0. The second kappa shape index (κ2) is 5.20. The van der Waals surface area contributed by atoms with Gasteiger partial charge in [0.25, 0.3) is 5.69 Å².